The minimum atomic E-state index is -1.06. The Kier molecular flexibility index (Phi) is 6.69. The van der Waals surface area contributed by atoms with Crippen molar-refractivity contribution >= 4 is 28.8 Å². The van der Waals surface area contributed by atoms with Gasteiger partial charge in [-0.05, 0) is 49.2 Å². The second kappa shape index (κ2) is 9.82. The summed E-state index contributed by atoms with van der Waals surface area (Å²) in [5.41, 5.74) is 0.676. The van der Waals surface area contributed by atoms with Crippen molar-refractivity contribution in [1.82, 2.24) is 15.5 Å². The number of hydrogen-bond donors (Lipinski definition) is 2. The summed E-state index contributed by atoms with van der Waals surface area (Å²) in [5.74, 6) is -2.19. The fraction of sp³-hybridized carbons (Fsp3) is 0.273. The van der Waals surface area contributed by atoms with Crippen molar-refractivity contribution in [3.63, 3.8) is 0 Å². The van der Waals surface area contributed by atoms with E-state index in [9.17, 15) is 18.4 Å². The SMILES string of the molecule is O=C(NC1CCCC1)c1ccc(OCc2nnc(C(=O)Nc3ccc(F)c(F)c3)s2)cc1. The molecule has 1 saturated carbocycles. The molecule has 2 aromatic carbocycles. The highest BCUT2D eigenvalue weighted by molar-refractivity contribution is 7.13. The predicted molar refractivity (Wildman–Crippen MR) is 115 cm³/mol. The van der Waals surface area contributed by atoms with Crippen LogP contribution >= 0.6 is 11.3 Å². The molecule has 1 aliphatic carbocycles. The van der Waals surface area contributed by atoms with Gasteiger partial charge in [0.1, 0.15) is 12.4 Å². The molecule has 2 N–H and O–H groups in total. The maximum atomic E-state index is 13.3. The van der Waals surface area contributed by atoms with Gasteiger partial charge in [0, 0.05) is 23.4 Å². The second-order valence-corrected chi connectivity index (χ2v) is 8.41. The van der Waals surface area contributed by atoms with E-state index in [1.807, 2.05) is 0 Å². The highest BCUT2D eigenvalue weighted by atomic mass is 32.1. The third-order valence-electron chi connectivity index (χ3n) is 5.01. The van der Waals surface area contributed by atoms with E-state index in [0.29, 0.717) is 16.3 Å². The first-order valence-electron chi connectivity index (χ1n) is 10.1. The van der Waals surface area contributed by atoms with Crippen molar-refractivity contribution in [1.29, 1.82) is 0 Å². The van der Waals surface area contributed by atoms with Crippen LogP contribution in [-0.2, 0) is 6.61 Å². The highest BCUT2D eigenvalue weighted by Crippen LogP contribution is 2.20. The normalized spacial score (nSPS) is 13.7. The fourth-order valence-corrected chi connectivity index (χ4v) is 4.00. The summed E-state index contributed by atoms with van der Waals surface area (Å²) in [4.78, 5) is 24.5. The summed E-state index contributed by atoms with van der Waals surface area (Å²) in [5, 5.41) is 13.7. The summed E-state index contributed by atoms with van der Waals surface area (Å²) in [6.45, 7) is 0.0870. The summed E-state index contributed by atoms with van der Waals surface area (Å²) in [6.07, 6.45) is 4.35. The number of anilines is 1. The molecule has 0 spiro atoms. The monoisotopic (exact) mass is 458 g/mol. The van der Waals surface area contributed by atoms with Crippen molar-refractivity contribution in [3.8, 4) is 5.75 Å². The number of nitrogens with zero attached hydrogens (tertiary/aromatic N) is 2. The van der Waals surface area contributed by atoms with Crippen LogP contribution in [0.5, 0.6) is 5.75 Å². The number of halogens is 2. The van der Waals surface area contributed by atoms with Crippen LogP contribution < -0.4 is 15.4 Å². The minimum Gasteiger partial charge on any atom is -0.486 e. The predicted octanol–water partition coefficient (Wildman–Crippen LogP) is 4.32. The lowest BCUT2D eigenvalue weighted by Crippen LogP contribution is -2.32. The van der Waals surface area contributed by atoms with E-state index in [2.05, 4.69) is 20.8 Å². The zero-order chi connectivity index (χ0) is 22.5. The standard InChI is InChI=1S/C22H20F2N4O3S/c23-17-10-7-15(11-18(17)24)26-21(30)22-28-27-19(32-22)12-31-16-8-5-13(6-9-16)20(29)25-14-3-1-2-4-14/h5-11,14H,1-4,12H2,(H,25,29)(H,26,30). The lowest BCUT2D eigenvalue weighted by Gasteiger charge is -2.12. The van der Waals surface area contributed by atoms with E-state index < -0.39 is 17.5 Å². The number of aromatic nitrogens is 2. The van der Waals surface area contributed by atoms with Crippen LogP contribution in [0.4, 0.5) is 14.5 Å². The van der Waals surface area contributed by atoms with Crippen molar-refractivity contribution in [3.05, 3.63) is 69.7 Å². The van der Waals surface area contributed by atoms with E-state index in [0.717, 1.165) is 49.2 Å². The highest BCUT2D eigenvalue weighted by Gasteiger charge is 2.18. The summed E-state index contributed by atoms with van der Waals surface area (Å²) in [6, 6.07) is 10.1. The lowest BCUT2D eigenvalue weighted by molar-refractivity contribution is 0.0937. The number of carbonyl (C=O) groups excluding carboxylic acids is 2. The van der Waals surface area contributed by atoms with Gasteiger partial charge in [-0.2, -0.15) is 0 Å². The first-order chi connectivity index (χ1) is 15.5. The number of hydrogen-bond acceptors (Lipinski definition) is 6. The first-order valence-corrected chi connectivity index (χ1v) is 10.9. The molecule has 1 fully saturated rings. The maximum Gasteiger partial charge on any atom is 0.286 e. The Morgan fingerprint density at radius 3 is 2.47 bits per heavy atom. The summed E-state index contributed by atoms with van der Waals surface area (Å²) >= 11 is 1.02. The summed E-state index contributed by atoms with van der Waals surface area (Å²) < 4.78 is 31.9. The number of benzene rings is 2. The molecule has 0 unspecified atom stereocenters. The molecule has 7 nitrogen and oxygen atoms in total. The van der Waals surface area contributed by atoms with Gasteiger partial charge in [-0.15, -0.1) is 10.2 Å². The van der Waals surface area contributed by atoms with Crippen LogP contribution in [-0.4, -0.2) is 28.1 Å². The Morgan fingerprint density at radius 1 is 1.00 bits per heavy atom. The van der Waals surface area contributed by atoms with Crippen LogP contribution in [0.2, 0.25) is 0 Å². The van der Waals surface area contributed by atoms with Gasteiger partial charge in [0.15, 0.2) is 16.6 Å². The van der Waals surface area contributed by atoms with Crippen LogP contribution in [0.3, 0.4) is 0 Å². The molecule has 0 radical (unpaired) electrons. The number of rotatable bonds is 7. The van der Waals surface area contributed by atoms with E-state index in [1.54, 1.807) is 24.3 Å². The molecule has 4 rings (SSSR count). The molecule has 1 aromatic heterocycles. The van der Waals surface area contributed by atoms with Gasteiger partial charge in [-0.25, -0.2) is 8.78 Å². The molecule has 0 aliphatic heterocycles. The molecule has 1 heterocycles. The Hall–Kier alpha value is -3.40. The van der Waals surface area contributed by atoms with Crippen LogP contribution in [0.25, 0.3) is 0 Å². The second-order valence-electron chi connectivity index (χ2n) is 7.35. The molecule has 3 aromatic rings. The molecule has 0 bridgehead atoms. The molecule has 32 heavy (non-hydrogen) atoms. The zero-order valence-electron chi connectivity index (χ0n) is 16.9. The molecular formula is C22H20F2N4O3S. The van der Waals surface area contributed by atoms with Crippen LogP contribution in [0.15, 0.2) is 42.5 Å². The smallest absolute Gasteiger partial charge is 0.286 e. The molecule has 1 aliphatic rings. The molecule has 166 valence electrons. The van der Waals surface area contributed by atoms with Gasteiger partial charge in [0.2, 0.25) is 5.01 Å². The average Bonchev–Trinajstić information content (AvgIpc) is 3.47. The summed E-state index contributed by atoms with van der Waals surface area (Å²) in [7, 11) is 0. The van der Waals surface area contributed by atoms with Gasteiger partial charge in [0.25, 0.3) is 11.8 Å². The minimum absolute atomic E-state index is 0.0623. The lowest BCUT2D eigenvalue weighted by atomic mass is 10.1. The van der Waals surface area contributed by atoms with Gasteiger partial charge < -0.3 is 15.4 Å². The number of ether oxygens (including phenoxy) is 1. The topological polar surface area (TPSA) is 93.2 Å². The van der Waals surface area contributed by atoms with Gasteiger partial charge in [0.05, 0.1) is 0 Å². The van der Waals surface area contributed by atoms with Crippen molar-refractivity contribution in [2.24, 2.45) is 0 Å². The molecule has 2 amide bonds. The molecule has 0 atom stereocenters. The quantitative estimate of drug-likeness (QED) is 0.550. The molecular weight excluding hydrogens is 438 g/mol. The third-order valence-corrected chi connectivity index (χ3v) is 5.90. The van der Waals surface area contributed by atoms with Crippen LogP contribution in [0.1, 0.15) is 50.9 Å². The Bertz CT molecular complexity index is 1110. The Labute approximate surface area is 186 Å². The van der Waals surface area contributed by atoms with Crippen molar-refractivity contribution in [2.45, 2.75) is 38.3 Å². The number of carbonyl (C=O) groups is 2. The van der Waals surface area contributed by atoms with E-state index in [-0.39, 0.29) is 29.3 Å². The van der Waals surface area contributed by atoms with Crippen molar-refractivity contribution < 1.29 is 23.1 Å². The fourth-order valence-electron chi connectivity index (χ4n) is 3.35. The average molecular weight is 458 g/mol. The van der Waals surface area contributed by atoms with Gasteiger partial charge in [-0.3, -0.25) is 9.59 Å². The molecule has 0 saturated heterocycles. The zero-order valence-corrected chi connectivity index (χ0v) is 17.8. The third kappa shape index (κ3) is 5.44. The number of amides is 2. The maximum absolute atomic E-state index is 13.3. The van der Waals surface area contributed by atoms with Gasteiger partial charge in [-0.1, -0.05) is 24.2 Å². The van der Waals surface area contributed by atoms with E-state index >= 15 is 0 Å². The van der Waals surface area contributed by atoms with Crippen LogP contribution in [0, 0.1) is 11.6 Å². The van der Waals surface area contributed by atoms with E-state index in [4.69, 9.17) is 4.74 Å². The van der Waals surface area contributed by atoms with E-state index in [1.165, 1.54) is 6.07 Å². The number of nitrogens with one attached hydrogen (secondary N) is 2. The Balaban J connectivity index is 1.29. The largest absolute Gasteiger partial charge is 0.486 e. The Morgan fingerprint density at radius 2 is 1.75 bits per heavy atom. The van der Waals surface area contributed by atoms with Crippen molar-refractivity contribution in [2.75, 3.05) is 5.32 Å². The molecule has 10 heteroatoms. The van der Waals surface area contributed by atoms with Gasteiger partial charge >= 0.3 is 0 Å². The first kappa shape index (κ1) is 21.8.